The van der Waals surface area contributed by atoms with Crippen LogP contribution in [-0.2, 0) is 19.1 Å². The fraction of sp³-hybridized carbons (Fsp3) is 0.840. The highest BCUT2D eigenvalue weighted by Gasteiger charge is 2.56. The van der Waals surface area contributed by atoms with E-state index in [0.717, 1.165) is 30.6 Å². The van der Waals surface area contributed by atoms with Crippen molar-refractivity contribution >= 4 is 23.8 Å². The zero-order valence-corrected chi connectivity index (χ0v) is 21.0. The molecule has 4 aliphatic rings. The van der Waals surface area contributed by atoms with Crippen LogP contribution in [-0.4, -0.2) is 64.9 Å². The Bertz CT molecular complexity index is 883. The van der Waals surface area contributed by atoms with Crippen LogP contribution in [0.4, 0.5) is 4.79 Å². The Labute approximate surface area is 196 Å². The van der Waals surface area contributed by atoms with Crippen LogP contribution >= 0.6 is 0 Å². The molecule has 184 valence electrons. The van der Waals surface area contributed by atoms with E-state index in [0.29, 0.717) is 19.4 Å². The highest BCUT2D eigenvalue weighted by Crippen LogP contribution is 2.52. The van der Waals surface area contributed by atoms with E-state index < -0.39 is 24.1 Å². The Hall–Kier alpha value is -2.12. The Morgan fingerprint density at radius 1 is 1.00 bits per heavy atom. The van der Waals surface area contributed by atoms with E-state index >= 15 is 0 Å². The number of urea groups is 1. The highest BCUT2D eigenvalue weighted by molar-refractivity contribution is 6.08. The third kappa shape index (κ3) is 4.62. The molecule has 2 bridgehead atoms. The minimum atomic E-state index is -0.955. The summed E-state index contributed by atoms with van der Waals surface area (Å²) >= 11 is 0. The van der Waals surface area contributed by atoms with Gasteiger partial charge in [-0.2, -0.15) is 0 Å². The summed E-state index contributed by atoms with van der Waals surface area (Å²) in [5, 5.41) is 2.86. The van der Waals surface area contributed by atoms with Crippen molar-refractivity contribution in [3.63, 3.8) is 0 Å². The molecule has 8 nitrogen and oxygen atoms in total. The second kappa shape index (κ2) is 7.70. The van der Waals surface area contributed by atoms with E-state index in [1.165, 1.54) is 0 Å². The van der Waals surface area contributed by atoms with Crippen LogP contribution in [0.15, 0.2) is 0 Å². The number of ether oxygens (including phenoxy) is 1. The molecule has 4 atom stereocenters. The van der Waals surface area contributed by atoms with Gasteiger partial charge in [0.1, 0.15) is 12.1 Å². The molecule has 2 aliphatic carbocycles. The monoisotopic (exact) mass is 461 g/mol. The first-order valence-electron chi connectivity index (χ1n) is 12.2. The molecule has 1 spiro atoms. The Balaban J connectivity index is 1.34. The molecule has 2 aliphatic heterocycles. The fourth-order valence-corrected chi connectivity index (χ4v) is 7.80. The van der Waals surface area contributed by atoms with Gasteiger partial charge in [-0.25, -0.2) is 4.79 Å². The van der Waals surface area contributed by atoms with Gasteiger partial charge in [-0.1, -0.05) is 41.5 Å². The molecule has 0 aromatic heterocycles. The number of carbonyl (C=O) groups is 4. The lowest BCUT2D eigenvalue weighted by atomic mass is 9.64. The molecule has 0 unspecified atom stereocenters. The van der Waals surface area contributed by atoms with Crippen LogP contribution in [0.3, 0.4) is 0 Å². The van der Waals surface area contributed by atoms with Gasteiger partial charge >= 0.3 is 12.0 Å². The van der Waals surface area contributed by atoms with Crippen molar-refractivity contribution < 1.29 is 23.9 Å². The summed E-state index contributed by atoms with van der Waals surface area (Å²) in [5.41, 5.74) is -0.744. The van der Waals surface area contributed by atoms with Gasteiger partial charge in [0.2, 0.25) is 0 Å². The zero-order valence-electron chi connectivity index (χ0n) is 21.0. The average Bonchev–Trinajstić information content (AvgIpc) is 3.01. The van der Waals surface area contributed by atoms with E-state index in [2.05, 4.69) is 46.9 Å². The standard InChI is InChI=1S/C25H39N3O5/c1-16-7-22(2,3)14-25(8-16)20(31)27(21(32)26-25)11-19(30)33-12-18(29)28-15-24(6)10-17(28)9-23(4,5)13-24/h16-17H,7-15H2,1-6H3,(H,26,32)/t16-,17+,24-,25+/m1/s1. The number of nitrogens with zero attached hydrogens (tertiary/aromatic N) is 2. The number of carbonyl (C=O) groups excluding carboxylic acids is 4. The second-order valence-electron chi connectivity index (χ2n) is 13.2. The molecule has 0 aromatic carbocycles. The number of likely N-dealkylation sites (tertiary alicyclic amines) is 1. The quantitative estimate of drug-likeness (QED) is 0.513. The number of amides is 4. The SMILES string of the molecule is C[C@@H]1CC(C)(C)C[C@]2(C1)NC(=O)N(CC(=O)OCC(=O)N1C[C@]3(C)C[C@@H]1CC(C)(C)C3)C2=O. The lowest BCUT2D eigenvalue weighted by Crippen LogP contribution is -2.54. The number of nitrogens with one attached hydrogen (secondary N) is 1. The molecule has 2 saturated carbocycles. The largest absolute Gasteiger partial charge is 0.454 e. The molecule has 0 radical (unpaired) electrons. The topological polar surface area (TPSA) is 96.0 Å². The maximum absolute atomic E-state index is 13.2. The fourth-order valence-electron chi connectivity index (χ4n) is 7.80. The Kier molecular flexibility index (Phi) is 5.61. The predicted octanol–water partition coefficient (Wildman–Crippen LogP) is 3.09. The average molecular weight is 462 g/mol. The van der Waals surface area contributed by atoms with Crippen molar-refractivity contribution in [1.29, 1.82) is 0 Å². The van der Waals surface area contributed by atoms with Crippen LogP contribution in [0.2, 0.25) is 0 Å². The number of esters is 1. The Morgan fingerprint density at radius 2 is 1.67 bits per heavy atom. The minimum absolute atomic E-state index is 0.0808. The number of fused-ring (bicyclic) bond motifs is 2. The van der Waals surface area contributed by atoms with E-state index in [-0.39, 0.29) is 46.6 Å². The molecule has 1 N–H and O–H groups in total. The number of hydrogen-bond acceptors (Lipinski definition) is 5. The molecule has 0 aromatic rings. The first kappa shape index (κ1) is 24.0. The number of rotatable bonds is 4. The molecule has 4 amide bonds. The summed E-state index contributed by atoms with van der Waals surface area (Å²) in [4.78, 5) is 53.9. The first-order valence-corrected chi connectivity index (χ1v) is 12.2. The molecule has 4 rings (SSSR count). The van der Waals surface area contributed by atoms with Gasteiger partial charge in [0.05, 0.1) is 0 Å². The van der Waals surface area contributed by atoms with Crippen molar-refractivity contribution in [2.45, 2.75) is 91.6 Å². The molecule has 33 heavy (non-hydrogen) atoms. The third-order valence-electron chi connectivity index (χ3n) is 8.00. The smallest absolute Gasteiger partial charge is 0.326 e. The third-order valence-corrected chi connectivity index (χ3v) is 8.00. The van der Waals surface area contributed by atoms with Gasteiger partial charge in [0.15, 0.2) is 6.61 Å². The molecule has 2 heterocycles. The van der Waals surface area contributed by atoms with E-state index in [9.17, 15) is 19.2 Å². The first-order chi connectivity index (χ1) is 15.1. The van der Waals surface area contributed by atoms with Gasteiger partial charge in [0.25, 0.3) is 11.8 Å². The summed E-state index contributed by atoms with van der Waals surface area (Å²) in [5.74, 6) is -1.01. The second-order valence-corrected chi connectivity index (χ2v) is 13.2. The van der Waals surface area contributed by atoms with Crippen LogP contribution in [0, 0.1) is 22.2 Å². The number of hydrogen-bond donors (Lipinski definition) is 1. The lowest BCUT2D eigenvalue weighted by molar-refractivity contribution is -0.154. The van der Waals surface area contributed by atoms with Gasteiger partial charge < -0.3 is 15.0 Å². The van der Waals surface area contributed by atoms with E-state index in [1.807, 2.05) is 4.90 Å². The highest BCUT2D eigenvalue weighted by atomic mass is 16.5. The summed E-state index contributed by atoms with van der Waals surface area (Å²) in [6.07, 6.45) is 5.09. The van der Waals surface area contributed by atoms with Crippen molar-refractivity contribution in [2.24, 2.45) is 22.2 Å². The molecule has 4 fully saturated rings. The molecule has 8 heteroatoms. The number of imide groups is 1. The van der Waals surface area contributed by atoms with Crippen molar-refractivity contribution in [2.75, 3.05) is 19.7 Å². The van der Waals surface area contributed by atoms with Gasteiger partial charge in [-0.3, -0.25) is 19.3 Å². The zero-order chi connectivity index (χ0) is 24.4. The lowest BCUT2D eigenvalue weighted by Gasteiger charge is -2.43. The molecular weight excluding hydrogens is 422 g/mol. The summed E-state index contributed by atoms with van der Waals surface area (Å²) < 4.78 is 5.24. The summed E-state index contributed by atoms with van der Waals surface area (Å²) in [7, 11) is 0. The van der Waals surface area contributed by atoms with Crippen LogP contribution in [0.1, 0.15) is 80.1 Å². The summed E-state index contributed by atoms with van der Waals surface area (Å²) in [6.45, 7) is 12.8. The van der Waals surface area contributed by atoms with Gasteiger partial charge in [-0.05, 0) is 60.7 Å². The van der Waals surface area contributed by atoms with E-state index in [4.69, 9.17) is 4.74 Å². The van der Waals surface area contributed by atoms with Crippen LogP contribution in [0.5, 0.6) is 0 Å². The summed E-state index contributed by atoms with van der Waals surface area (Å²) in [6, 6.07) is -0.385. The van der Waals surface area contributed by atoms with Crippen molar-refractivity contribution in [3.8, 4) is 0 Å². The normalized spacial score (nSPS) is 36.8. The van der Waals surface area contributed by atoms with Crippen LogP contribution < -0.4 is 5.32 Å². The molecule has 2 saturated heterocycles. The predicted molar refractivity (Wildman–Crippen MR) is 122 cm³/mol. The molecular formula is C25H39N3O5. The Morgan fingerprint density at radius 3 is 2.33 bits per heavy atom. The van der Waals surface area contributed by atoms with Crippen molar-refractivity contribution in [1.82, 2.24) is 15.1 Å². The maximum Gasteiger partial charge on any atom is 0.326 e. The van der Waals surface area contributed by atoms with Gasteiger partial charge in [0, 0.05) is 12.6 Å². The minimum Gasteiger partial charge on any atom is -0.454 e. The maximum atomic E-state index is 13.2. The van der Waals surface area contributed by atoms with Crippen molar-refractivity contribution in [3.05, 3.63) is 0 Å². The van der Waals surface area contributed by atoms with E-state index in [1.54, 1.807) is 0 Å². The van der Waals surface area contributed by atoms with Gasteiger partial charge in [-0.15, -0.1) is 0 Å². The van der Waals surface area contributed by atoms with Crippen LogP contribution in [0.25, 0.3) is 0 Å².